The first kappa shape index (κ1) is 9.21. The topological polar surface area (TPSA) is 41.3 Å². The van der Waals surface area contributed by atoms with Crippen molar-refractivity contribution in [3.63, 3.8) is 0 Å². The average Bonchev–Trinajstić information content (AvgIpc) is 2.62. The van der Waals surface area contributed by atoms with Crippen molar-refractivity contribution >= 4 is 5.69 Å². The lowest BCUT2D eigenvalue weighted by Crippen LogP contribution is -2.16. The van der Waals surface area contributed by atoms with E-state index in [0.29, 0.717) is 5.92 Å². The van der Waals surface area contributed by atoms with E-state index in [0.717, 1.165) is 30.7 Å². The normalized spacial score (nSPS) is 32.9. The molecule has 0 amide bonds. The van der Waals surface area contributed by atoms with Gasteiger partial charge in [-0.05, 0) is 31.8 Å². The van der Waals surface area contributed by atoms with Crippen LogP contribution in [0.4, 0.5) is 5.69 Å². The van der Waals surface area contributed by atoms with E-state index in [2.05, 4.69) is 29.5 Å². The Morgan fingerprint density at radius 2 is 2.00 bits per heavy atom. The van der Waals surface area contributed by atoms with Gasteiger partial charge < -0.3 is 14.7 Å². The first-order valence-electron chi connectivity index (χ1n) is 5.54. The standard InChI is InChI=1S/C11H17N3O/c1-6-11(14(2)3)10(13-15-6)9-7-4-12-5-8(7)9/h7-9,12H,4-5H2,1-3H3/t7-,8+,9?. The van der Waals surface area contributed by atoms with Crippen LogP contribution in [0.2, 0.25) is 0 Å². The molecule has 4 nitrogen and oxygen atoms in total. The van der Waals surface area contributed by atoms with E-state index in [1.54, 1.807) is 0 Å². The van der Waals surface area contributed by atoms with Crippen LogP contribution in [-0.2, 0) is 0 Å². The van der Waals surface area contributed by atoms with Crippen molar-refractivity contribution in [1.29, 1.82) is 0 Å². The summed E-state index contributed by atoms with van der Waals surface area (Å²) >= 11 is 0. The summed E-state index contributed by atoms with van der Waals surface area (Å²) in [7, 11) is 4.11. The minimum atomic E-state index is 0.640. The Hall–Kier alpha value is -1.03. The fraction of sp³-hybridized carbons (Fsp3) is 0.727. The summed E-state index contributed by atoms with van der Waals surface area (Å²) < 4.78 is 5.31. The van der Waals surface area contributed by atoms with Gasteiger partial charge in [0.1, 0.15) is 11.4 Å². The predicted molar refractivity (Wildman–Crippen MR) is 58.2 cm³/mol. The molecule has 0 spiro atoms. The van der Waals surface area contributed by atoms with E-state index < -0.39 is 0 Å². The van der Waals surface area contributed by atoms with Crippen LogP contribution in [0.3, 0.4) is 0 Å². The maximum atomic E-state index is 5.31. The average molecular weight is 207 g/mol. The van der Waals surface area contributed by atoms with Crippen molar-refractivity contribution in [2.75, 3.05) is 32.1 Å². The molecule has 1 aromatic heterocycles. The molecule has 4 heteroatoms. The molecule has 1 aliphatic heterocycles. The molecule has 15 heavy (non-hydrogen) atoms. The lowest BCUT2D eigenvalue weighted by Gasteiger charge is -2.12. The lowest BCUT2D eigenvalue weighted by atomic mass is 10.1. The summed E-state index contributed by atoms with van der Waals surface area (Å²) in [5.74, 6) is 3.18. The number of nitrogens with one attached hydrogen (secondary N) is 1. The third-order valence-electron chi connectivity index (χ3n) is 3.71. The van der Waals surface area contributed by atoms with Crippen LogP contribution >= 0.6 is 0 Å². The number of hydrogen-bond acceptors (Lipinski definition) is 4. The number of hydrogen-bond donors (Lipinski definition) is 1. The molecule has 1 aromatic rings. The first-order chi connectivity index (χ1) is 7.20. The summed E-state index contributed by atoms with van der Waals surface area (Å²) in [5.41, 5.74) is 2.36. The van der Waals surface area contributed by atoms with Crippen molar-refractivity contribution in [2.45, 2.75) is 12.8 Å². The number of fused-ring (bicyclic) bond motifs is 1. The fourth-order valence-electron chi connectivity index (χ4n) is 2.97. The van der Waals surface area contributed by atoms with Crippen LogP contribution in [0.25, 0.3) is 0 Å². The van der Waals surface area contributed by atoms with Crippen molar-refractivity contribution in [3.8, 4) is 0 Å². The number of aromatic nitrogens is 1. The summed E-state index contributed by atoms with van der Waals surface area (Å²) in [6, 6.07) is 0. The summed E-state index contributed by atoms with van der Waals surface area (Å²) in [6.45, 7) is 4.28. The molecule has 1 unspecified atom stereocenters. The number of piperidine rings is 1. The van der Waals surface area contributed by atoms with Crippen molar-refractivity contribution in [3.05, 3.63) is 11.5 Å². The molecule has 0 bridgehead atoms. The van der Waals surface area contributed by atoms with E-state index in [1.807, 2.05) is 6.92 Å². The number of aryl methyl sites for hydroxylation is 1. The van der Waals surface area contributed by atoms with Gasteiger partial charge in [-0.3, -0.25) is 0 Å². The van der Waals surface area contributed by atoms with Crippen LogP contribution in [0.1, 0.15) is 17.4 Å². The third kappa shape index (κ3) is 1.21. The summed E-state index contributed by atoms with van der Waals surface area (Å²) in [5, 5.41) is 7.64. The highest BCUT2D eigenvalue weighted by molar-refractivity contribution is 5.55. The van der Waals surface area contributed by atoms with Crippen LogP contribution in [0, 0.1) is 18.8 Å². The SMILES string of the molecule is Cc1onc(C2[C@H]3CNC[C@@H]23)c1N(C)C. The Kier molecular flexibility index (Phi) is 1.83. The maximum Gasteiger partial charge on any atom is 0.157 e. The largest absolute Gasteiger partial charge is 0.373 e. The van der Waals surface area contributed by atoms with Gasteiger partial charge in [-0.2, -0.15) is 0 Å². The highest BCUT2D eigenvalue weighted by Gasteiger charge is 2.56. The van der Waals surface area contributed by atoms with Crippen molar-refractivity contribution < 1.29 is 4.52 Å². The lowest BCUT2D eigenvalue weighted by molar-refractivity contribution is 0.388. The molecule has 1 N–H and O–H groups in total. The minimum absolute atomic E-state index is 0.640. The quantitative estimate of drug-likeness (QED) is 0.785. The van der Waals surface area contributed by atoms with Crippen molar-refractivity contribution in [2.24, 2.45) is 11.8 Å². The molecule has 1 aliphatic carbocycles. The summed E-state index contributed by atoms with van der Waals surface area (Å²) in [6.07, 6.45) is 0. The van der Waals surface area contributed by atoms with Crippen LogP contribution in [-0.4, -0.2) is 32.3 Å². The Morgan fingerprint density at radius 3 is 2.60 bits per heavy atom. The van der Waals surface area contributed by atoms with E-state index in [9.17, 15) is 0 Å². The molecule has 2 heterocycles. The monoisotopic (exact) mass is 207 g/mol. The molecular formula is C11H17N3O. The fourth-order valence-corrected chi connectivity index (χ4v) is 2.97. The van der Waals surface area contributed by atoms with Gasteiger partial charge in [0, 0.05) is 20.0 Å². The van der Waals surface area contributed by atoms with Crippen LogP contribution in [0.15, 0.2) is 4.52 Å². The van der Waals surface area contributed by atoms with Gasteiger partial charge in [0.25, 0.3) is 0 Å². The molecule has 0 aromatic carbocycles. The highest BCUT2D eigenvalue weighted by atomic mass is 16.5. The molecular weight excluding hydrogens is 190 g/mol. The smallest absolute Gasteiger partial charge is 0.157 e. The minimum Gasteiger partial charge on any atom is -0.373 e. The molecule has 3 atom stereocenters. The van der Waals surface area contributed by atoms with Gasteiger partial charge >= 0.3 is 0 Å². The number of anilines is 1. The molecule has 2 fully saturated rings. The van der Waals surface area contributed by atoms with Gasteiger partial charge in [0.05, 0.1) is 0 Å². The molecule has 1 saturated carbocycles. The molecule has 2 aliphatic rings. The van der Waals surface area contributed by atoms with Crippen molar-refractivity contribution in [1.82, 2.24) is 10.5 Å². The van der Waals surface area contributed by atoms with E-state index in [1.165, 1.54) is 11.4 Å². The highest BCUT2D eigenvalue weighted by Crippen LogP contribution is 2.57. The van der Waals surface area contributed by atoms with Gasteiger partial charge in [-0.25, -0.2) is 0 Å². The number of rotatable bonds is 2. The molecule has 1 saturated heterocycles. The number of nitrogens with zero attached hydrogens (tertiary/aromatic N) is 2. The van der Waals surface area contributed by atoms with Crippen LogP contribution in [0.5, 0.6) is 0 Å². The van der Waals surface area contributed by atoms with Gasteiger partial charge in [-0.15, -0.1) is 0 Å². The second-order valence-electron chi connectivity index (χ2n) is 4.88. The van der Waals surface area contributed by atoms with Gasteiger partial charge in [-0.1, -0.05) is 5.16 Å². The molecule has 82 valence electrons. The molecule has 0 radical (unpaired) electrons. The third-order valence-corrected chi connectivity index (χ3v) is 3.71. The second kappa shape index (κ2) is 2.98. The Bertz CT molecular complexity index is 375. The Balaban J connectivity index is 1.93. The predicted octanol–water partition coefficient (Wildman–Crippen LogP) is 0.982. The van der Waals surface area contributed by atoms with E-state index >= 15 is 0 Å². The van der Waals surface area contributed by atoms with Gasteiger partial charge in [0.15, 0.2) is 5.76 Å². The van der Waals surface area contributed by atoms with Gasteiger partial charge in [0.2, 0.25) is 0 Å². The Labute approximate surface area is 89.6 Å². The molecule has 3 rings (SSSR count). The second-order valence-corrected chi connectivity index (χ2v) is 4.88. The van der Waals surface area contributed by atoms with Crippen LogP contribution < -0.4 is 10.2 Å². The van der Waals surface area contributed by atoms with E-state index in [4.69, 9.17) is 4.52 Å². The zero-order valence-corrected chi connectivity index (χ0v) is 9.45. The van der Waals surface area contributed by atoms with E-state index in [-0.39, 0.29) is 0 Å². The maximum absolute atomic E-state index is 5.31. The Morgan fingerprint density at radius 1 is 1.33 bits per heavy atom. The zero-order chi connectivity index (χ0) is 10.6. The first-order valence-corrected chi connectivity index (χ1v) is 5.54. The zero-order valence-electron chi connectivity index (χ0n) is 9.45. The summed E-state index contributed by atoms with van der Waals surface area (Å²) in [4.78, 5) is 2.11.